The summed E-state index contributed by atoms with van der Waals surface area (Å²) in [7, 11) is -3.99. The van der Waals surface area contributed by atoms with Crippen molar-refractivity contribution in [1.29, 1.82) is 0 Å². The summed E-state index contributed by atoms with van der Waals surface area (Å²) in [6.45, 7) is 5.39. The number of anilines is 1. The third kappa shape index (κ3) is 5.65. The van der Waals surface area contributed by atoms with Crippen molar-refractivity contribution in [2.45, 2.75) is 55.3 Å². The van der Waals surface area contributed by atoms with Crippen LogP contribution in [0.4, 0.5) is 19.0 Å². The van der Waals surface area contributed by atoms with Crippen molar-refractivity contribution in [1.82, 2.24) is 9.55 Å². The van der Waals surface area contributed by atoms with Crippen molar-refractivity contribution >= 4 is 38.9 Å². The quantitative estimate of drug-likeness (QED) is 0.333. The molecule has 1 aromatic rings. The predicted octanol–water partition coefficient (Wildman–Crippen LogP) is 5.28. The van der Waals surface area contributed by atoms with E-state index < -0.39 is 28.3 Å². The minimum atomic E-state index is -4.19. The van der Waals surface area contributed by atoms with Crippen LogP contribution in [-0.4, -0.2) is 29.9 Å². The topological polar surface area (TPSA) is 81.1 Å². The molecule has 0 saturated heterocycles. The number of aromatic nitrogens is 2. The summed E-state index contributed by atoms with van der Waals surface area (Å²) in [5.74, 6) is 0.307. The summed E-state index contributed by atoms with van der Waals surface area (Å²) in [4.78, 5) is 17.3. The van der Waals surface area contributed by atoms with E-state index in [-0.39, 0.29) is 17.1 Å². The molecule has 32 heavy (non-hydrogen) atoms. The number of aryl methyl sites for hydroxylation is 2. The molecule has 0 amide bonds. The molecule has 174 valence electrons. The van der Waals surface area contributed by atoms with E-state index in [9.17, 15) is 26.4 Å². The Kier molecular flexibility index (Phi) is 7.25. The lowest BCUT2D eigenvalue weighted by Crippen LogP contribution is -2.17. The van der Waals surface area contributed by atoms with E-state index in [2.05, 4.69) is 9.71 Å². The third-order valence-corrected chi connectivity index (χ3v) is 8.67. The molecule has 2 aliphatic heterocycles. The highest BCUT2D eigenvalue weighted by Crippen LogP contribution is 2.39. The highest BCUT2D eigenvalue weighted by molar-refractivity contribution is 8.01. The number of hydrogen-bond donors (Lipinski definition) is 1. The maximum absolute atomic E-state index is 12.8. The number of unbranched alkanes of at least 4 members (excludes halogenated alkanes) is 1. The number of imidazole rings is 1. The zero-order valence-electron chi connectivity index (χ0n) is 17.6. The van der Waals surface area contributed by atoms with Crippen LogP contribution in [-0.2, 0) is 10.0 Å². The van der Waals surface area contributed by atoms with Gasteiger partial charge in [0, 0.05) is 17.0 Å². The minimum absolute atomic E-state index is 0.00126. The van der Waals surface area contributed by atoms with E-state index in [1.165, 1.54) is 39.8 Å². The minimum Gasteiger partial charge on any atom is -0.261 e. The summed E-state index contributed by atoms with van der Waals surface area (Å²) in [5.41, 5.74) is 1.23. The molecule has 0 spiro atoms. The number of sulfonamides is 1. The number of thioether (sulfide) groups is 1. The van der Waals surface area contributed by atoms with E-state index in [1.807, 2.05) is 13.8 Å². The first-order valence-corrected chi connectivity index (χ1v) is 13.0. The summed E-state index contributed by atoms with van der Waals surface area (Å²) < 4.78 is 67.2. The molecule has 3 rings (SSSR count). The molecule has 6 nitrogen and oxygen atoms in total. The van der Waals surface area contributed by atoms with Crippen LogP contribution in [0.5, 0.6) is 0 Å². The smallest absolute Gasteiger partial charge is 0.261 e. The van der Waals surface area contributed by atoms with Gasteiger partial charge in [0.25, 0.3) is 10.0 Å². The molecule has 2 heterocycles. The van der Waals surface area contributed by atoms with E-state index in [1.54, 1.807) is 19.1 Å². The van der Waals surface area contributed by atoms with Crippen LogP contribution >= 0.6 is 23.1 Å². The highest BCUT2D eigenvalue weighted by Gasteiger charge is 2.28. The molecule has 0 saturated carbocycles. The third-order valence-electron chi connectivity index (χ3n) is 4.78. The molecule has 0 atom stereocenters. The second-order valence-corrected chi connectivity index (χ2v) is 11.6. The maximum Gasteiger partial charge on any atom is 0.389 e. The van der Waals surface area contributed by atoms with Gasteiger partial charge in [-0.25, -0.2) is 13.2 Å². The Hall–Kier alpha value is -2.05. The van der Waals surface area contributed by atoms with Gasteiger partial charge in [-0.15, -0.1) is 23.1 Å². The van der Waals surface area contributed by atoms with Gasteiger partial charge in [0.1, 0.15) is 5.69 Å². The van der Waals surface area contributed by atoms with Crippen LogP contribution in [0.3, 0.4) is 0 Å². The first kappa shape index (κ1) is 24.6. The van der Waals surface area contributed by atoms with E-state index in [0.717, 1.165) is 10.4 Å². The zero-order valence-corrected chi connectivity index (χ0v) is 20.1. The molecule has 0 unspecified atom stereocenters. The lowest BCUT2D eigenvalue weighted by Gasteiger charge is -2.16. The molecule has 12 heteroatoms. The molecule has 0 aliphatic carbocycles. The molecule has 1 aromatic carbocycles. The molecule has 0 bridgehead atoms. The molecule has 1 N–H and O–H groups in total. The van der Waals surface area contributed by atoms with Crippen LogP contribution < -0.4 is 10.4 Å². The number of nitrogens with zero attached hydrogens (tertiary/aromatic N) is 2. The Bertz CT molecular complexity index is 1230. The summed E-state index contributed by atoms with van der Waals surface area (Å²) in [5, 5.41) is 0. The zero-order chi connectivity index (χ0) is 23.7. The van der Waals surface area contributed by atoms with Gasteiger partial charge in [-0.3, -0.25) is 9.29 Å². The first-order valence-electron chi connectivity index (χ1n) is 9.71. The Morgan fingerprint density at radius 3 is 2.41 bits per heavy atom. The molecule has 0 aromatic heterocycles. The number of rotatable bonds is 8. The fraction of sp³-hybridized carbons (Fsp3) is 0.400. The summed E-state index contributed by atoms with van der Waals surface area (Å²) >= 11 is 2.65. The number of fused-ring (bicyclic) bond motifs is 1. The largest absolute Gasteiger partial charge is 0.389 e. The Morgan fingerprint density at radius 1 is 1.12 bits per heavy atom. The van der Waals surface area contributed by atoms with E-state index in [4.69, 9.17) is 0 Å². The number of benzene rings is 1. The van der Waals surface area contributed by atoms with Crippen molar-refractivity contribution in [3.05, 3.63) is 50.9 Å². The van der Waals surface area contributed by atoms with Gasteiger partial charge in [0.05, 0.1) is 9.10 Å². The van der Waals surface area contributed by atoms with Crippen LogP contribution in [0.2, 0.25) is 0 Å². The monoisotopic (exact) mass is 505 g/mol. The standard InChI is InChI=1S/C20H22F3N3O3S3/c1-12-6-8-15(9-7-12)32(28,29)25-17-16-18(30-11-5-4-10-20(21,22)23)31-14(3)13(2)26(16)19(27)24-17/h6-9H,4-5,10-11H2,1-3H3,(H,24,25,27). The van der Waals surface area contributed by atoms with Crippen molar-refractivity contribution in [2.24, 2.45) is 0 Å². The average Bonchev–Trinajstić information content (AvgIpc) is 3.00. The number of halogens is 3. The van der Waals surface area contributed by atoms with Crippen LogP contribution in [0.25, 0.3) is 5.69 Å². The van der Waals surface area contributed by atoms with Gasteiger partial charge in [-0.2, -0.15) is 18.2 Å². The van der Waals surface area contributed by atoms with Gasteiger partial charge in [0.15, 0.2) is 5.82 Å². The molecule has 0 radical (unpaired) electrons. The molecule has 0 fully saturated rings. The fourth-order valence-corrected chi connectivity index (χ4v) is 6.51. The lowest BCUT2D eigenvalue weighted by molar-refractivity contribution is -0.135. The van der Waals surface area contributed by atoms with Gasteiger partial charge in [-0.05, 0) is 51.5 Å². The van der Waals surface area contributed by atoms with Crippen molar-refractivity contribution in [2.75, 3.05) is 10.5 Å². The van der Waals surface area contributed by atoms with Crippen LogP contribution in [0.15, 0.2) is 38.2 Å². The molecular weight excluding hydrogens is 483 g/mol. The average molecular weight is 506 g/mol. The SMILES string of the molecule is Cc1ccc(S(=O)(=O)Nc2nc(=O)n3c(C)c(C)sc(SCCCCC(F)(F)F)c2-3)cc1. The van der Waals surface area contributed by atoms with E-state index in [0.29, 0.717) is 27.8 Å². The van der Waals surface area contributed by atoms with Crippen molar-refractivity contribution < 1.29 is 21.6 Å². The Balaban J connectivity index is 1.92. The van der Waals surface area contributed by atoms with Crippen LogP contribution in [0, 0.1) is 20.8 Å². The van der Waals surface area contributed by atoms with Crippen molar-refractivity contribution in [3.63, 3.8) is 0 Å². The van der Waals surface area contributed by atoms with Crippen LogP contribution in [0.1, 0.15) is 35.4 Å². The number of alkyl halides is 3. The molecular formula is C20H22F3N3O3S3. The number of hydrogen-bond acceptors (Lipinski definition) is 6. The second kappa shape index (κ2) is 9.44. The van der Waals surface area contributed by atoms with E-state index >= 15 is 0 Å². The normalized spacial score (nSPS) is 12.4. The Morgan fingerprint density at radius 2 is 1.78 bits per heavy atom. The Labute approximate surface area is 192 Å². The lowest BCUT2D eigenvalue weighted by atomic mass is 10.2. The summed E-state index contributed by atoms with van der Waals surface area (Å²) in [6.07, 6.45) is -4.70. The first-order chi connectivity index (χ1) is 14.9. The van der Waals surface area contributed by atoms with Gasteiger partial charge in [-0.1, -0.05) is 17.7 Å². The van der Waals surface area contributed by atoms with Gasteiger partial charge < -0.3 is 0 Å². The second-order valence-electron chi connectivity index (χ2n) is 7.30. The maximum atomic E-state index is 12.8. The van der Waals surface area contributed by atoms with Gasteiger partial charge >= 0.3 is 11.9 Å². The predicted molar refractivity (Wildman–Crippen MR) is 121 cm³/mol. The fourth-order valence-electron chi connectivity index (χ4n) is 2.98. The summed E-state index contributed by atoms with van der Waals surface area (Å²) in [6, 6.07) is 6.25. The number of nitrogens with one attached hydrogen (secondary N) is 1. The highest BCUT2D eigenvalue weighted by atomic mass is 32.2. The molecule has 2 aliphatic rings. The van der Waals surface area contributed by atoms with Crippen molar-refractivity contribution in [3.8, 4) is 5.69 Å². The van der Waals surface area contributed by atoms with Gasteiger partial charge in [0.2, 0.25) is 0 Å².